The second kappa shape index (κ2) is 6.68. The van der Waals surface area contributed by atoms with Crippen molar-refractivity contribution in [1.82, 2.24) is 29.9 Å². The predicted octanol–water partition coefficient (Wildman–Crippen LogP) is 2.97. The van der Waals surface area contributed by atoms with Crippen LogP contribution in [0.5, 0.6) is 0 Å². The normalized spacial score (nSPS) is 13.7. The van der Waals surface area contributed by atoms with Crippen molar-refractivity contribution in [3.63, 3.8) is 0 Å². The van der Waals surface area contributed by atoms with Crippen molar-refractivity contribution < 1.29 is 18.0 Å². The third kappa shape index (κ3) is 2.75. The van der Waals surface area contributed by atoms with E-state index in [0.717, 1.165) is 17.7 Å². The molecule has 10 heteroatoms. The highest BCUT2D eigenvalue weighted by Gasteiger charge is 2.30. The van der Waals surface area contributed by atoms with Crippen molar-refractivity contribution in [2.75, 3.05) is 6.54 Å². The number of aromatic amines is 1. The van der Waals surface area contributed by atoms with Crippen LogP contribution in [0.25, 0.3) is 22.2 Å². The maximum absolute atomic E-state index is 13.7. The van der Waals surface area contributed by atoms with Crippen LogP contribution in [0.4, 0.5) is 13.2 Å². The van der Waals surface area contributed by atoms with Gasteiger partial charge >= 0.3 is 0 Å². The number of fused-ring (bicyclic) bond motifs is 2. The number of halogens is 3. The van der Waals surface area contributed by atoms with Gasteiger partial charge in [0.1, 0.15) is 0 Å². The number of benzene rings is 1. The van der Waals surface area contributed by atoms with E-state index in [1.165, 1.54) is 4.68 Å². The molecular formula is C20H15F3N6O. The number of carbonyl (C=O) groups is 1. The number of H-pyrrole nitrogens is 1. The molecule has 0 fully saturated rings. The first-order valence-corrected chi connectivity index (χ1v) is 9.21. The van der Waals surface area contributed by atoms with Gasteiger partial charge in [-0.15, -0.1) is 0 Å². The van der Waals surface area contributed by atoms with Crippen molar-refractivity contribution >= 4 is 16.8 Å². The van der Waals surface area contributed by atoms with Crippen molar-refractivity contribution in [2.45, 2.75) is 13.0 Å². The summed E-state index contributed by atoms with van der Waals surface area (Å²) in [7, 11) is 1.65. The molecule has 0 bridgehead atoms. The molecule has 1 N–H and O–H groups in total. The summed E-state index contributed by atoms with van der Waals surface area (Å²) in [5, 5.41) is 12.0. The van der Waals surface area contributed by atoms with Gasteiger partial charge in [-0.1, -0.05) is 0 Å². The fourth-order valence-electron chi connectivity index (χ4n) is 3.93. The molecule has 152 valence electrons. The van der Waals surface area contributed by atoms with E-state index >= 15 is 0 Å². The van der Waals surface area contributed by atoms with E-state index in [9.17, 15) is 18.0 Å². The first-order valence-electron chi connectivity index (χ1n) is 9.21. The van der Waals surface area contributed by atoms with Crippen molar-refractivity contribution in [1.29, 1.82) is 0 Å². The van der Waals surface area contributed by atoms with Crippen LogP contribution in [0, 0.1) is 17.5 Å². The van der Waals surface area contributed by atoms with Crippen LogP contribution in [0.1, 0.15) is 21.7 Å². The first-order chi connectivity index (χ1) is 14.4. The summed E-state index contributed by atoms with van der Waals surface area (Å²) in [6.45, 7) is 0.615. The Morgan fingerprint density at radius 2 is 1.97 bits per heavy atom. The minimum Gasteiger partial charge on any atom is -0.331 e. The molecule has 5 rings (SSSR count). The number of hydrogen-bond donors (Lipinski definition) is 1. The smallest absolute Gasteiger partial charge is 0.275 e. The molecule has 4 heterocycles. The van der Waals surface area contributed by atoms with E-state index in [1.807, 2.05) is 0 Å². The van der Waals surface area contributed by atoms with Gasteiger partial charge in [0, 0.05) is 36.3 Å². The molecule has 0 atom stereocenters. The van der Waals surface area contributed by atoms with Crippen LogP contribution in [0.2, 0.25) is 0 Å². The van der Waals surface area contributed by atoms with Gasteiger partial charge < -0.3 is 4.90 Å². The molecule has 0 radical (unpaired) electrons. The number of amides is 1. The number of nitrogens with zero attached hydrogens (tertiary/aromatic N) is 5. The highest BCUT2D eigenvalue weighted by atomic mass is 19.2. The van der Waals surface area contributed by atoms with E-state index in [0.29, 0.717) is 41.0 Å². The van der Waals surface area contributed by atoms with Gasteiger partial charge in [-0.2, -0.15) is 10.2 Å². The van der Waals surface area contributed by atoms with Gasteiger partial charge in [-0.05, 0) is 24.6 Å². The summed E-state index contributed by atoms with van der Waals surface area (Å²) in [6, 6.07) is 3.63. The first kappa shape index (κ1) is 18.3. The van der Waals surface area contributed by atoms with Crippen molar-refractivity contribution in [3.05, 3.63) is 65.0 Å². The molecule has 7 nitrogen and oxygen atoms in total. The van der Waals surface area contributed by atoms with Crippen molar-refractivity contribution in [2.24, 2.45) is 7.05 Å². The minimum absolute atomic E-state index is 0.202. The molecule has 1 aliphatic rings. The molecule has 0 unspecified atom stereocenters. The van der Waals surface area contributed by atoms with E-state index in [4.69, 9.17) is 0 Å². The van der Waals surface area contributed by atoms with E-state index in [1.54, 1.807) is 30.4 Å². The molecule has 0 spiro atoms. The lowest BCUT2D eigenvalue weighted by Crippen LogP contribution is -2.36. The molecular weight excluding hydrogens is 397 g/mol. The minimum atomic E-state index is -1.51. The largest absolute Gasteiger partial charge is 0.331 e. The van der Waals surface area contributed by atoms with E-state index in [2.05, 4.69) is 20.3 Å². The second-order valence-electron chi connectivity index (χ2n) is 7.12. The fourth-order valence-corrected chi connectivity index (χ4v) is 3.93. The van der Waals surface area contributed by atoms with Gasteiger partial charge in [-0.25, -0.2) is 13.2 Å². The van der Waals surface area contributed by atoms with Crippen LogP contribution in [0.15, 0.2) is 30.6 Å². The number of aromatic nitrogens is 5. The maximum Gasteiger partial charge on any atom is 0.275 e. The quantitative estimate of drug-likeness (QED) is 0.514. The Morgan fingerprint density at radius 3 is 2.73 bits per heavy atom. The van der Waals surface area contributed by atoms with Crippen LogP contribution in [0.3, 0.4) is 0 Å². The Kier molecular flexibility index (Phi) is 4.09. The van der Waals surface area contributed by atoms with Gasteiger partial charge in [0.25, 0.3) is 5.91 Å². The highest BCUT2D eigenvalue weighted by molar-refractivity contribution is 6.04. The Morgan fingerprint density at radius 1 is 1.20 bits per heavy atom. The van der Waals surface area contributed by atoms with E-state index < -0.39 is 17.5 Å². The Bertz CT molecular complexity index is 1290. The average Bonchev–Trinajstić information content (AvgIpc) is 3.30. The van der Waals surface area contributed by atoms with Gasteiger partial charge in [0.15, 0.2) is 23.1 Å². The van der Waals surface area contributed by atoms with Gasteiger partial charge in [0.2, 0.25) is 0 Å². The second-order valence-corrected chi connectivity index (χ2v) is 7.12. The molecule has 4 aromatic rings. The SMILES string of the molecule is Cn1nc2c(c1-c1cc(F)c(F)c(F)c1)CCN(C(=O)c1n[nH]c3cnccc13)C2. The molecule has 0 aliphatic carbocycles. The highest BCUT2D eigenvalue weighted by Crippen LogP contribution is 2.32. The summed E-state index contributed by atoms with van der Waals surface area (Å²) in [5.41, 5.74) is 3.08. The van der Waals surface area contributed by atoms with Gasteiger partial charge in [-0.3, -0.25) is 19.6 Å². The number of nitrogens with one attached hydrogen (secondary N) is 1. The number of hydrogen-bond acceptors (Lipinski definition) is 4. The summed E-state index contributed by atoms with van der Waals surface area (Å²) in [4.78, 5) is 18.6. The van der Waals surface area contributed by atoms with E-state index in [-0.39, 0.29) is 18.0 Å². The molecule has 3 aromatic heterocycles. The topological polar surface area (TPSA) is 79.7 Å². The van der Waals surface area contributed by atoms with Gasteiger partial charge in [0.05, 0.1) is 29.6 Å². The number of carbonyl (C=O) groups excluding carboxylic acids is 1. The summed E-state index contributed by atoms with van der Waals surface area (Å²) < 4.78 is 42.3. The molecule has 1 amide bonds. The Balaban J connectivity index is 1.49. The lowest BCUT2D eigenvalue weighted by Gasteiger charge is -2.26. The monoisotopic (exact) mass is 412 g/mol. The number of pyridine rings is 1. The van der Waals surface area contributed by atoms with Crippen LogP contribution in [-0.2, 0) is 20.0 Å². The van der Waals surface area contributed by atoms with Crippen LogP contribution < -0.4 is 0 Å². The molecule has 30 heavy (non-hydrogen) atoms. The third-order valence-electron chi connectivity index (χ3n) is 5.31. The molecule has 0 saturated heterocycles. The molecule has 1 aromatic carbocycles. The Labute approximate surface area is 168 Å². The Hall–Kier alpha value is -3.69. The van der Waals surface area contributed by atoms with Crippen LogP contribution >= 0.6 is 0 Å². The molecule has 1 aliphatic heterocycles. The standard InChI is InChI=1S/C20H15F3N6O/c1-28-19(10-6-13(21)17(23)14(22)7-10)12-3-5-29(9-16(12)27-28)20(30)18-11-2-4-24-8-15(11)25-26-18/h2,4,6-8H,3,5,9H2,1H3,(H,25,26). The maximum atomic E-state index is 13.7. The predicted molar refractivity (Wildman–Crippen MR) is 101 cm³/mol. The summed E-state index contributed by atoms with van der Waals surface area (Å²) >= 11 is 0. The fraction of sp³-hybridized carbons (Fsp3) is 0.200. The zero-order valence-corrected chi connectivity index (χ0v) is 15.8. The summed E-state index contributed by atoms with van der Waals surface area (Å²) in [6.07, 6.45) is 3.63. The lowest BCUT2D eigenvalue weighted by atomic mass is 9.99. The lowest BCUT2D eigenvalue weighted by molar-refractivity contribution is 0.0728. The zero-order chi connectivity index (χ0) is 21.0. The average molecular weight is 412 g/mol. The summed E-state index contributed by atoms with van der Waals surface area (Å²) in [5.74, 6) is -4.27. The third-order valence-corrected chi connectivity index (χ3v) is 5.31. The van der Waals surface area contributed by atoms with Crippen molar-refractivity contribution in [3.8, 4) is 11.3 Å². The number of rotatable bonds is 2. The number of aryl methyl sites for hydroxylation is 1. The molecule has 0 saturated carbocycles. The van der Waals surface area contributed by atoms with Crippen LogP contribution in [-0.4, -0.2) is 42.3 Å². The zero-order valence-electron chi connectivity index (χ0n) is 15.8.